The van der Waals surface area contributed by atoms with Crippen molar-refractivity contribution in [3.05, 3.63) is 53.8 Å². The average molecular weight is 544 g/mol. The lowest BCUT2D eigenvalue weighted by Crippen LogP contribution is -2.44. The monoisotopic (exact) mass is 543 g/mol. The van der Waals surface area contributed by atoms with Crippen molar-refractivity contribution in [3.8, 4) is 0 Å². The maximum absolute atomic E-state index is 13.2. The number of hydrogen-bond donors (Lipinski definition) is 3. The molecule has 2 bridgehead atoms. The Labute approximate surface area is 227 Å². The van der Waals surface area contributed by atoms with E-state index in [4.69, 9.17) is 9.15 Å². The Bertz CT molecular complexity index is 1140. The minimum atomic E-state index is -1.02. The van der Waals surface area contributed by atoms with Gasteiger partial charge in [0.1, 0.15) is 24.2 Å². The van der Waals surface area contributed by atoms with Gasteiger partial charge in [-0.25, -0.2) is 9.78 Å². The van der Waals surface area contributed by atoms with Crippen LogP contribution in [-0.2, 0) is 25.5 Å². The van der Waals surface area contributed by atoms with Crippen LogP contribution in [-0.4, -0.2) is 81.6 Å². The minimum absolute atomic E-state index is 0.0279. The number of aliphatic hydroxyl groups excluding tert-OH is 2. The molecule has 1 aromatic heterocycles. The summed E-state index contributed by atoms with van der Waals surface area (Å²) in [5.74, 6) is -2.56. The third-order valence-electron chi connectivity index (χ3n) is 6.74. The number of oxazole rings is 1. The molecular formula is C28H37N3O8. The molecule has 3 rings (SSSR count). The second-order valence-electron chi connectivity index (χ2n) is 10.1. The maximum atomic E-state index is 13.2. The first-order valence-corrected chi connectivity index (χ1v) is 13.2. The molecule has 0 radical (unpaired) electrons. The highest BCUT2D eigenvalue weighted by Gasteiger charge is 2.39. The number of rotatable bonds is 2. The predicted octanol–water partition coefficient (Wildman–Crippen LogP) is 1.51. The number of carbonyl (C=O) groups excluding carboxylic acids is 4. The molecule has 1 saturated heterocycles. The molecule has 39 heavy (non-hydrogen) atoms. The molecule has 3 N–H and O–H groups in total. The van der Waals surface area contributed by atoms with Gasteiger partial charge in [-0.15, -0.1) is 0 Å². The van der Waals surface area contributed by atoms with E-state index in [1.165, 1.54) is 17.1 Å². The van der Waals surface area contributed by atoms with Gasteiger partial charge < -0.3 is 29.6 Å². The number of carbonyl (C=O) groups is 4. The molecule has 1 unspecified atom stereocenters. The third-order valence-corrected chi connectivity index (χ3v) is 6.74. The van der Waals surface area contributed by atoms with Crippen LogP contribution in [0.5, 0.6) is 0 Å². The van der Waals surface area contributed by atoms with E-state index in [1.807, 2.05) is 0 Å². The fraction of sp³-hybridized carbons (Fsp3) is 0.536. The molecule has 1 aromatic rings. The van der Waals surface area contributed by atoms with Crippen LogP contribution in [0.3, 0.4) is 0 Å². The molecule has 0 aliphatic carbocycles. The number of amides is 2. The van der Waals surface area contributed by atoms with E-state index in [-0.39, 0.29) is 49.3 Å². The Kier molecular flexibility index (Phi) is 10.8. The predicted molar refractivity (Wildman–Crippen MR) is 140 cm³/mol. The Morgan fingerprint density at radius 3 is 2.74 bits per heavy atom. The molecule has 212 valence electrons. The second kappa shape index (κ2) is 14.0. The van der Waals surface area contributed by atoms with Crippen molar-refractivity contribution in [3.63, 3.8) is 0 Å². The van der Waals surface area contributed by atoms with Crippen molar-refractivity contribution in [2.75, 3.05) is 19.7 Å². The number of fused-ring (bicyclic) bond motifs is 3. The van der Waals surface area contributed by atoms with E-state index >= 15 is 0 Å². The van der Waals surface area contributed by atoms with Crippen LogP contribution >= 0.6 is 0 Å². The van der Waals surface area contributed by atoms with Crippen molar-refractivity contribution in [1.29, 1.82) is 0 Å². The SMILES string of the molecule is CC1=C[C@@H](O)CC(=O)Cc2nc(co2)C(=O)N2CCC[C@@H]2C(=O)O[C@H](C(C)CO)[C@H](C)/C=C/C(=O)NCC=C1. The van der Waals surface area contributed by atoms with Crippen molar-refractivity contribution in [2.24, 2.45) is 11.8 Å². The summed E-state index contributed by atoms with van der Waals surface area (Å²) < 4.78 is 11.1. The summed E-state index contributed by atoms with van der Waals surface area (Å²) in [7, 11) is 0. The van der Waals surface area contributed by atoms with Gasteiger partial charge in [0.05, 0.1) is 12.5 Å². The van der Waals surface area contributed by atoms with Gasteiger partial charge in [0.25, 0.3) is 5.91 Å². The van der Waals surface area contributed by atoms with E-state index in [9.17, 15) is 29.4 Å². The number of Topliss-reactive ketones (excluding diaryl/α,β-unsaturated/α-hetero) is 1. The van der Waals surface area contributed by atoms with Crippen LogP contribution in [0.4, 0.5) is 0 Å². The number of ketones is 1. The first-order valence-electron chi connectivity index (χ1n) is 13.2. The van der Waals surface area contributed by atoms with Gasteiger partial charge in [-0.2, -0.15) is 0 Å². The summed E-state index contributed by atoms with van der Waals surface area (Å²) in [4.78, 5) is 56.6. The fourth-order valence-electron chi connectivity index (χ4n) is 4.65. The zero-order valence-corrected chi connectivity index (χ0v) is 22.5. The van der Waals surface area contributed by atoms with Crippen molar-refractivity contribution < 1.29 is 38.5 Å². The van der Waals surface area contributed by atoms with Crippen molar-refractivity contribution >= 4 is 23.6 Å². The van der Waals surface area contributed by atoms with Crippen LogP contribution in [0, 0.1) is 11.8 Å². The van der Waals surface area contributed by atoms with Gasteiger partial charge in [-0.05, 0) is 25.8 Å². The summed E-state index contributed by atoms with van der Waals surface area (Å²) in [5, 5.41) is 22.7. The summed E-state index contributed by atoms with van der Waals surface area (Å²) in [6.45, 7) is 5.61. The van der Waals surface area contributed by atoms with Crippen molar-refractivity contribution in [1.82, 2.24) is 15.2 Å². The third kappa shape index (κ3) is 8.46. The molecule has 11 nitrogen and oxygen atoms in total. The molecule has 11 heteroatoms. The van der Waals surface area contributed by atoms with Gasteiger partial charge in [0.2, 0.25) is 11.8 Å². The lowest BCUT2D eigenvalue weighted by atomic mass is 9.93. The largest absolute Gasteiger partial charge is 0.460 e. The fourth-order valence-corrected chi connectivity index (χ4v) is 4.65. The Morgan fingerprint density at radius 2 is 2.00 bits per heavy atom. The summed E-state index contributed by atoms with van der Waals surface area (Å²) in [6, 6.07) is -0.842. The van der Waals surface area contributed by atoms with Crippen LogP contribution in [0.2, 0.25) is 0 Å². The van der Waals surface area contributed by atoms with Gasteiger partial charge in [-0.1, -0.05) is 43.7 Å². The van der Waals surface area contributed by atoms with Gasteiger partial charge in [0.15, 0.2) is 5.69 Å². The zero-order valence-electron chi connectivity index (χ0n) is 22.5. The minimum Gasteiger partial charge on any atom is -0.460 e. The lowest BCUT2D eigenvalue weighted by molar-refractivity contribution is -0.159. The molecule has 2 aliphatic rings. The number of aromatic nitrogens is 1. The van der Waals surface area contributed by atoms with Crippen LogP contribution in [0.25, 0.3) is 0 Å². The normalized spacial score (nSPS) is 27.8. The molecule has 0 aromatic carbocycles. The highest BCUT2D eigenvalue weighted by Crippen LogP contribution is 2.25. The quantitative estimate of drug-likeness (QED) is 0.470. The molecule has 1 fully saturated rings. The molecule has 2 aliphatic heterocycles. The topological polar surface area (TPSA) is 159 Å². The number of ether oxygens (including phenoxy) is 1. The standard InChI is InChI=1S/C28H37N3O8/c1-17-6-4-10-29-24(35)9-8-18(2)26(19(3)15-32)39-28(37)23-7-5-11-31(23)27(36)22-16-38-25(30-22)14-21(34)13-20(33)12-17/h4,6,8-9,12,16,18-20,23,26,32-33H,5,7,10-11,13-15H2,1-3H3,(H,29,35)/b6-4?,9-8+,17-12?/t18-,19?,20-,23-,26+/m1/s1. The second-order valence-corrected chi connectivity index (χ2v) is 10.1. The number of esters is 1. The van der Waals surface area contributed by atoms with Crippen LogP contribution < -0.4 is 5.32 Å². The first kappa shape index (κ1) is 30.0. The first-order chi connectivity index (χ1) is 18.6. The van der Waals surface area contributed by atoms with Gasteiger partial charge in [-0.3, -0.25) is 14.4 Å². The zero-order chi connectivity index (χ0) is 28.5. The maximum Gasteiger partial charge on any atom is 0.329 e. The highest BCUT2D eigenvalue weighted by molar-refractivity contribution is 5.95. The van der Waals surface area contributed by atoms with E-state index in [1.54, 1.807) is 39.0 Å². The van der Waals surface area contributed by atoms with E-state index in [0.29, 0.717) is 25.0 Å². The van der Waals surface area contributed by atoms with Crippen molar-refractivity contribution in [2.45, 2.75) is 64.7 Å². The summed E-state index contributed by atoms with van der Waals surface area (Å²) in [6.07, 6.45) is 7.96. The Hall–Kier alpha value is -3.57. The molecule has 5 atom stereocenters. The number of cyclic esters (lactones) is 1. The number of aliphatic hydroxyl groups is 2. The summed E-state index contributed by atoms with van der Waals surface area (Å²) in [5.41, 5.74) is 0.679. The molecule has 3 heterocycles. The lowest BCUT2D eigenvalue weighted by Gasteiger charge is -2.30. The number of nitrogens with one attached hydrogen (secondary N) is 1. The summed E-state index contributed by atoms with van der Waals surface area (Å²) >= 11 is 0. The number of hydrogen-bond acceptors (Lipinski definition) is 9. The smallest absolute Gasteiger partial charge is 0.329 e. The molecular weight excluding hydrogens is 506 g/mol. The molecule has 2 amide bonds. The highest BCUT2D eigenvalue weighted by atomic mass is 16.5. The Morgan fingerprint density at radius 1 is 1.23 bits per heavy atom. The molecule has 0 saturated carbocycles. The van der Waals surface area contributed by atoms with Crippen LogP contribution in [0.1, 0.15) is 56.4 Å². The molecule has 0 spiro atoms. The van der Waals surface area contributed by atoms with E-state index in [0.717, 1.165) is 6.26 Å². The van der Waals surface area contributed by atoms with E-state index in [2.05, 4.69) is 10.3 Å². The van der Waals surface area contributed by atoms with Crippen LogP contribution in [0.15, 0.2) is 46.6 Å². The van der Waals surface area contributed by atoms with Gasteiger partial charge >= 0.3 is 5.97 Å². The van der Waals surface area contributed by atoms with E-state index < -0.39 is 42.0 Å². The number of nitrogens with zero attached hydrogens (tertiary/aromatic N) is 2. The van der Waals surface area contributed by atoms with Gasteiger partial charge in [0, 0.05) is 38.0 Å². The Balaban J connectivity index is 1.87. The average Bonchev–Trinajstić information content (AvgIpc) is 3.57. The number of allylic oxidation sites excluding steroid dienone is 2.